The van der Waals surface area contributed by atoms with E-state index in [0.717, 1.165) is 37.3 Å². The number of hydrogen-bond donors (Lipinski definition) is 1. The molecule has 1 aromatic rings. The number of rotatable bonds is 4. The van der Waals surface area contributed by atoms with Gasteiger partial charge in [0.2, 0.25) is 0 Å². The minimum atomic E-state index is -2.92. The van der Waals surface area contributed by atoms with E-state index in [-0.39, 0.29) is 23.9 Å². The fraction of sp³-hybridized carbons (Fsp3) is 0.714. The lowest BCUT2D eigenvalue weighted by molar-refractivity contribution is -0.0973. The van der Waals surface area contributed by atoms with Gasteiger partial charge in [0.15, 0.2) is 0 Å². The lowest BCUT2D eigenvalue weighted by atomic mass is 9.72. The van der Waals surface area contributed by atoms with Gasteiger partial charge in [-0.05, 0) is 69.1 Å². The van der Waals surface area contributed by atoms with Gasteiger partial charge in [0.25, 0.3) is 5.92 Å². The predicted molar refractivity (Wildman–Crippen MR) is 137 cm³/mol. The molecule has 2 saturated heterocycles. The maximum atomic E-state index is 15.2. The fourth-order valence-corrected chi connectivity index (χ4v) is 6.31. The first-order chi connectivity index (χ1) is 17.0. The summed E-state index contributed by atoms with van der Waals surface area (Å²) in [5.74, 6) is -2.92. The molecule has 2 atom stereocenters. The summed E-state index contributed by atoms with van der Waals surface area (Å²) in [6.45, 7) is 12.6. The Balaban J connectivity index is 1.41. The highest BCUT2D eigenvalue weighted by Gasteiger charge is 2.50. The number of benzene rings is 1. The molecule has 1 N–H and O–H groups in total. The van der Waals surface area contributed by atoms with Crippen LogP contribution >= 0.6 is 0 Å². The molecule has 1 aliphatic carbocycles. The number of carbonyl (C=O) groups excluding carboxylic acids is 1. The van der Waals surface area contributed by atoms with Crippen LogP contribution in [0.15, 0.2) is 18.2 Å². The Morgan fingerprint density at radius 3 is 2.39 bits per heavy atom. The lowest BCUT2D eigenvalue weighted by Crippen LogP contribution is -2.66. The molecule has 1 saturated carbocycles. The van der Waals surface area contributed by atoms with Crippen molar-refractivity contribution in [3.8, 4) is 6.07 Å². The Hall–Kier alpha value is -2.24. The Kier molecular flexibility index (Phi) is 7.92. The number of alkyl halides is 2. The van der Waals surface area contributed by atoms with Crippen LogP contribution in [0.3, 0.4) is 0 Å². The molecule has 0 unspecified atom stereocenters. The van der Waals surface area contributed by atoms with E-state index in [1.807, 2.05) is 25.1 Å². The summed E-state index contributed by atoms with van der Waals surface area (Å²) in [7, 11) is 0. The quantitative estimate of drug-likeness (QED) is 0.659. The van der Waals surface area contributed by atoms with Crippen LogP contribution in [-0.4, -0.2) is 84.0 Å². The van der Waals surface area contributed by atoms with E-state index in [1.54, 1.807) is 4.90 Å². The number of aryl methyl sites for hydroxylation is 1. The zero-order valence-electron chi connectivity index (χ0n) is 22.2. The molecule has 0 aromatic heterocycles. The van der Waals surface area contributed by atoms with E-state index >= 15 is 8.78 Å². The molecule has 8 heteroatoms. The maximum Gasteiger partial charge on any atom is 0.317 e. The van der Waals surface area contributed by atoms with Crippen molar-refractivity contribution in [2.75, 3.05) is 39.3 Å². The van der Waals surface area contributed by atoms with Crippen LogP contribution in [0.25, 0.3) is 0 Å². The van der Waals surface area contributed by atoms with E-state index in [9.17, 15) is 10.1 Å². The van der Waals surface area contributed by atoms with Gasteiger partial charge in [-0.15, -0.1) is 0 Å². The number of piperazine rings is 1. The third-order valence-corrected chi connectivity index (χ3v) is 8.78. The maximum absolute atomic E-state index is 15.2. The Bertz CT molecular complexity index is 975. The van der Waals surface area contributed by atoms with Gasteiger partial charge in [-0.1, -0.05) is 19.1 Å². The summed E-state index contributed by atoms with van der Waals surface area (Å²) in [6.07, 6.45) is 2.38. The molecule has 36 heavy (non-hydrogen) atoms. The molecule has 0 bridgehead atoms. The highest BCUT2D eigenvalue weighted by atomic mass is 19.3. The fourth-order valence-electron chi connectivity index (χ4n) is 6.31. The highest BCUT2D eigenvalue weighted by molar-refractivity contribution is 5.75. The van der Waals surface area contributed by atoms with Crippen LogP contribution < -0.4 is 5.32 Å². The van der Waals surface area contributed by atoms with Crippen LogP contribution in [0.2, 0.25) is 0 Å². The predicted octanol–water partition coefficient (Wildman–Crippen LogP) is 4.51. The summed E-state index contributed by atoms with van der Waals surface area (Å²) in [4.78, 5) is 19.5. The van der Waals surface area contributed by atoms with Gasteiger partial charge in [-0.3, -0.25) is 9.80 Å². The topological polar surface area (TPSA) is 62.6 Å². The molecular weight excluding hydrogens is 460 g/mol. The average molecular weight is 502 g/mol. The number of nitrogens with one attached hydrogen (secondary N) is 1. The summed E-state index contributed by atoms with van der Waals surface area (Å²) >= 11 is 0. The van der Waals surface area contributed by atoms with Crippen molar-refractivity contribution in [1.82, 2.24) is 20.0 Å². The van der Waals surface area contributed by atoms with Crippen molar-refractivity contribution in [3.63, 3.8) is 0 Å². The number of urea groups is 1. The normalized spacial score (nSPS) is 27.0. The summed E-state index contributed by atoms with van der Waals surface area (Å²) in [5.41, 5.74) is 2.51. The van der Waals surface area contributed by atoms with Crippen LogP contribution in [0.4, 0.5) is 13.6 Å². The third kappa shape index (κ3) is 5.52. The van der Waals surface area contributed by atoms with Crippen LogP contribution in [0.1, 0.15) is 69.6 Å². The van der Waals surface area contributed by atoms with E-state index < -0.39 is 12.0 Å². The molecule has 2 heterocycles. The highest BCUT2D eigenvalue weighted by Crippen LogP contribution is 2.39. The number of hydrogen-bond acceptors (Lipinski definition) is 4. The monoisotopic (exact) mass is 501 g/mol. The second-order valence-corrected chi connectivity index (χ2v) is 11.5. The van der Waals surface area contributed by atoms with Crippen LogP contribution in [-0.2, 0) is 5.41 Å². The summed E-state index contributed by atoms with van der Waals surface area (Å²) in [6, 6.07) is 6.82. The molecule has 0 radical (unpaired) electrons. The van der Waals surface area contributed by atoms with Crippen molar-refractivity contribution in [2.24, 2.45) is 0 Å². The SMILES string of the molecule is Cc1ccc(C2(C)CCN(C(=O)N[C@@H]3[C@@H](N4CCN(C(C)C)CC4)CCCC3(F)F)CC2)c(C#N)c1. The first kappa shape index (κ1) is 26.8. The Labute approximate surface area is 214 Å². The number of likely N-dealkylation sites (tertiary alicyclic amines) is 1. The van der Waals surface area contributed by atoms with E-state index in [2.05, 4.69) is 42.0 Å². The number of nitrogens with zero attached hydrogens (tertiary/aromatic N) is 4. The molecule has 198 valence electrons. The Morgan fingerprint density at radius 2 is 1.78 bits per heavy atom. The molecule has 2 aliphatic heterocycles. The van der Waals surface area contributed by atoms with Gasteiger partial charge < -0.3 is 10.2 Å². The third-order valence-electron chi connectivity index (χ3n) is 8.78. The number of piperidine rings is 1. The van der Waals surface area contributed by atoms with Crippen molar-refractivity contribution in [1.29, 1.82) is 5.26 Å². The van der Waals surface area contributed by atoms with Gasteiger partial charge in [0, 0.05) is 57.8 Å². The van der Waals surface area contributed by atoms with Crippen molar-refractivity contribution >= 4 is 6.03 Å². The second kappa shape index (κ2) is 10.6. The van der Waals surface area contributed by atoms with Gasteiger partial charge in [-0.25, -0.2) is 13.6 Å². The van der Waals surface area contributed by atoms with E-state index in [0.29, 0.717) is 50.4 Å². The molecular formula is C28H41F2N5O. The molecule has 1 aromatic carbocycles. The molecule has 6 nitrogen and oxygen atoms in total. The summed E-state index contributed by atoms with van der Waals surface area (Å²) in [5, 5.41) is 12.4. The van der Waals surface area contributed by atoms with Crippen LogP contribution in [0, 0.1) is 18.3 Å². The standard InChI is InChI=1S/C28H41F2N5O/c1-20(2)33-14-16-34(17-15-33)24-6-5-9-28(29,30)25(24)32-26(36)35-12-10-27(4,11-13-35)23-8-7-21(3)18-22(23)19-31/h7-8,18,20,24-25H,5-6,9-17H2,1-4H3,(H,32,36)/t24-,25+/m0/s1. The van der Waals surface area contributed by atoms with Crippen molar-refractivity contribution in [3.05, 3.63) is 34.9 Å². The average Bonchev–Trinajstić information content (AvgIpc) is 2.85. The Morgan fingerprint density at radius 1 is 1.11 bits per heavy atom. The number of halogens is 2. The zero-order valence-corrected chi connectivity index (χ0v) is 22.2. The molecule has 0 spiro atoms. The molecule has 4 rings (SSSR count). The summed E-state index contributed by atoms with van der Waals surface area (Å²) < 4.78 is 30.3. The number of carbonyl (C=O) groups is 1. The van der Waals surface area contributed by atoms with E-state index in [1.165, 1.54) is 0 Å². The molecule has 2 amide bonds. The van der Waals surface area contributed by atoms with Crippen LogP contribution in [0.5, 0.6) is 0 Å². The first-order valence-corrected chi connectivity index (χ1v) is 13.5. The van der Waals surface area contributed by atoms with E-state index in [4.69, 9.17) is 0 Å². The molecule has 3 aliphatic rings. The zero-order chi connectivity index (χ0) is 26.1. The lowest BCUT2D eigenvalue weighted by Gasteiger charge is -2.48. The largest absolute Gasteiger partial charge is 0.328 e. The smallest absolute Gasteiger partial charge is 0.317 e. The van der Waals surface area contributed by atoms with Gasteiger partial charge >= 0.3 is 6.03 Å². The minimum Gasteiger partial charge on any atom is -0.328 e. The first-order valence-electron chi connectivity index (χ1n) is 13.5. The molecule has 3 fully saturated rings. The van der Waals surface area contributed by atoms with Crippen molar-refractivity contribution < 1.29 is 13.6 Å². The number of nitriles is 1. The minimum absolute atomic E-state index is 0.178. The second-order valence-electron chi connectivity index (χ2n) is 11.5. The van der Waals surface area contributed by atoms with Gasteiger partial charge in [-0.2, -0.15) is 5.26 Å². The van der Waals surface area contributed by atoms with Gasteiger partial charge in [0.05, 0.1) is 11.6 Å². The van der Waals surface area contributed by atoms with Crippen molar-refractivity contribution in [2.45, 2.75) is 89.3 Å². The number of amides is 2. The van der Waals surface area contributed by atoms with Gasteiger partial charge in [0.1, 0.15) is 6.04 Å².